The molecule has 2 atom stereocenters. The third kappa shape index (κ3) is 7.22. The van der Waals surface area contributed by atoms with Crippen molar-refractivity contribution in [2.24, 2.45) is 0 Å². The van der Waals surface area contributed by atoms with Gasteiger partial charge in [0, 0.05) is 31.0 Å². The maximum atomic E-state index is 6.21. The van der Waals surface area contributed by atoms with Crippen molar-refractivity contribution in [1.82, 2.24) is 0 Å². The molecule has 3 aromatic rings. The smallest absolute Gasteiger partial charge is 0.155 e. The van der Waals surface area contributed by atoms with Crippen molar-refractivity contribution in [3.8, 4) is 17.2 Å². The van der Waals surface area contributed by atoms with Gasteiger partial charge in [0.25, 0.3) is 0 Å². The van der Waals surface area contributed by atoms with Crippen molar-refractivity contribution in [1.29, 1.82) is 0 Å². The molecule has 1 heterocycles. The van der Waals surface area contributed by atoms with Gasteiger partial charge in [-0.2, -0.15) is 0 Å². The van der Waals surface area contributed by atoms with Gasteiger partial charge in [0.2, 0.25) is 0 Å². The monoisotopic (exact) mass is 688 g/mol. The number of benzene rings is 3. The second kappa shape index (κ2) is 11.4. The average molecular weight is 692 g/mol. The van der Waals surface area contributed by atoms with Crippen LogP contribution < -0.4 is 14.2 Å². The van der Waals surface area contributed by atoms with E-state index in [2.05, 4.69) is 63.7 Å². The third-order valence-electron chi connectivity index (χ3n) is 4.74. The van der Waals surface area contributed by atoms with Crippen molar-refractivity contribution < 1.29 is 18.9 Å². The SMILES string of the molecule is Brc1ccc(OCc2cc(Br)ccc2OCc2cc(Br)ccc2OC(Br)CC2CO2)cc1. The molecule has 0 bridgehead atoms. The van der Waals surface area contributed by atoms with E-state index >= 15 is 0 Å². The van der Waals surface area contributed by atoms with Crippen LogP contribution in [-0.4, -0.2) is 17.7 Å². The predicted molar refractivity (Wildman–Crippen MR) is 139 cm³/mol. The highest BCUT2D eigenvalue weighted by atomic mass is 79.9. The lowest BCUT2D eigenvalue weighted by atomic mass is 10.2. The highest BCUT2D eigenvalue weighted by Gasteiger charge is 2.26. The molecule has 8 heteroatoms. The standard InChI is InChI=1S/C24H20Br4O4/c25-17-1-5-20(6-2-17)29-12-15-9-18(26)3-7-22(15)31-13-16-10-19(27)4-8-23(16)32-24(28)11-21-14-30-21/h1-10,21,24H,11-14H2. The van der Waals surface area contributed by atoms with Gasteiger partial charge in [-0.05, 0) is 76.6 Å². The normalized spacial score (nSPS) is 15.8. The predicted octanol–water partition coefficient (Wildman–Crippen LogP) is 8.02. The van der Waals surface area contributed by atoms with Crippen LogP contribution in [0.1, 0.15) is 17.5 Å². The first kappa shape index (κ1) is 24.1. The first-order valence-electron chi connectivity index (χ1n) is 9.96. The van der Waals surface area contributed by atoms with Gasteiger partial charge in [-0.1, -0.05) is 47.8 Å². The fourth-order valence-corrected chi connectivity index (χ4v) is 4.72. The zero-order chi connectivity index (χ0) is 22.5. The summed E-state index contributed by atoms with van der Waals surface area (Å²) in [6.45, 7) is 1.56. The molecule has 0 N–H and O–H groups in total. The molecule has 0 aromatic heterocycles. The molecule has 0 saturated carbocycles. The summed E-state index contributed by atoms with van der Waals surface area (Å²) < 4.78 is 26.5. The number of rotatable bonds is 10. The Labute approximate surface area is 221 Å². The largest absolute Gasteiger partial charge is 0.489 e. The minimum Gasteiger partial charge on any atom is -0.489 e. The molecule has 0 amide bonds. The van der Waals surface area contributed by atoms with E-state index in [1.165, 1.54) is 0 Å². The molecule has 0 aliphatic carbocycles. The number of alkyl halides is 1. The zero-order valence-electron chi connectivity index (χ0n) is 16.9. The minimum atomic E-state index is -0.113. The van der Waals surface area contributed by atoms with Gasteiger partial charge in [0.15, 0.2) is 5.01 Å². The molecule has 1 saturated heterocycles. The Bertz CT molecular complexity index is 1050. The molecule has 1 fully saturated rings. The first-order valence-corrected chi connectivity index (χ1v) is 13.3. The van der Waals surface area contributed by atoms with E-state index in [1.54, 1.807) is 0 Å². The van der Waals surface area contributed by atoms with E-state index in [1.807, 2.05) is 60.7 Å². The Hall–Kier alpha value is -1.06. The molecule has 0 radical (unpaired) electrons. The molecule has 1 aliphatic heterocycles. The second-order valence-electron chi connectivity index (χ2n) is 7.25. The van der Waals surface area contributed by atoms with Gasteiger partial charge in [-0.25, -0.2) is 0 Å². The number of ether oxygens (including phenoxy) is 4. The van der Waals surface area contributed by atoms with Crippen LogP contribution >= 0.6 is 63.7 Å². The molecule has 0 spiro atoms. The van der Waals surface area contributed by atoms with E-state index in [9.17, 15) is 0 Å². The van der Waals surface area contributed by atoms with Crippen LogP contribution in [0.3, 0.4) is 0 Å². The van der Waals surface area contributed by atoms with Crippen molar-refractivity contribution in [2.45, 2.75) is 30.8 Å². The van der Waals surface area contributed by atoms with Gasteiger partial charge in [-0.3, -0.25) is 0 Å². The summed E-state index contributed by atoms with van der Waals surface area (Å²) in [5.74, 6) is 2.34. The van der Waals surface area contributed by atoms with Gasteiger partial charge < -0.3 is 18.9 Å². The number of halogens is 4. The van der Waals surface area contributed by atoms with Crippen molar-refractivity contribution in [3.63, 3.8) is 0 Å². The zero-order valence-corrected chi connectivity index (χ0v) is 23.2. The third-order valence-corrected chi connectivity index (χ3v) is 6.82. The van der Waals surface area contributed by atoms with Gasteiger partial charge >= 0.3 is 0 Å². The first-order chi connectivity index (χ1) is 15.5. The summed E-state index contributed by atoms with van der Waals surface area (Å²) in [6, 6.07) is 19.6. The summed E-state index contributed by atoms with van der Waals surface area (Å²) in [4.78, 5) is 0. The van der Waals surface area contributed by atoms with E-state index < -0.39 is 0 Å². The molecule has 1 aliphatic rings. The van der Waals surface area contributed by atoms with Crippen molar-refractivity contribution in [3.05, 3.63) is 85.2 Å². The second-order valence-corrected chi connectivity index (χ2v) is 11.0. The van der Waals surface area contributed by atoms with Crippen LogP contribution in [0.15, 0.2) is 74.1 Å². The molecule has 2 unspecified atom stereocenters. The van der Waals surface area contributed by atoms with Crippen molar-refractivity contribution in [2.75, 3.05) is 6.61 Å². The van der Waals surface area contributed by atoms with Crippen molar-refractivity contribution >= 4 is 63.7 Å². The topological polar surface area (TPSA) is 40.2 Å². The van der Waals surface area contributed by atoms with Crippen LogP contribution in [0.5, 0.6) is 17.2 Å². The van der Waals surface area contributed by atoms with E-state index in [4.69, 9.17) is 18.9 Å². The molecule has 32 heavy (non-hydrogen) atoms. The maximum Gasteiger partial charge on any atom is 0.155 e. The Balaban J connectivity index is 1.45. The molecule has 4 nitrogen and oxygen atoms in total. The van der Waals surface area contributed by atoms with Gasteiger partial charge in [-0.15, -0.1) is 0 Å². The van der Waals surface area contributed by atoms with Crippen LogP contribution in [0, 0.1) is 0 Å². The lowest BCUT2D eigenvalue weighted by Gasteiger charge is -2.18. The van der Waals surface area contributed by atoms with Crippen LogP contribution in [0.25, 0.3) is 0 Å². The Morgan fingerprint density at radius 3 is 2.00 bits per heavy atom. The van der Waals surface area contributed by atoms with Gasteiger partial charge in [0.05, 0.1) is 12.7 Å². The van der Waals surface area contributed by atoms with E-state index in [-0.39, 0.29) is 11.1 Å². The minimum absolute atomic E-state index is 0.113. The maximum absolute atomic E-state index is 6.21. The summed E-state index contributed by atoms with van der Waals surface area (Å²) in [6.07, 6.45) is 1.09. The van der Waals surface area contributed by atoms with Crippen LogP contribution in [0.4, 0.5) is 0 Å². The van der Waals surface area contributed by atoms with Crippen LogP contribution in [-0.2, 0) is 18.0 Å². The number of epoxide rings is 1. The molecular weight excluding hydrogens is 672 g/mol. The number of hydrogen-bond donors (Lipinski definition) is 0. The molecule has 3 aromatic carbocycles. The lowest BCUT2D eigenvalue weighted by molar-refractivity contribution is 0.243. The van der Waals surface area contributed by atoms with E-state index in [0.717, 1.165) is 54.8 Å². The average Bonchev–Trinajstić information content (AvgIpc) is 3.58. The Morgan fingerprint density at radius 1 is 0.781 bits per heavy atom. The van der Waals surface area contributed by atoms with Gasteiger partial charge in [0.1, 0.15) is 30.5 Å². The molecule has 4 rings (SSSR count). The summed E-state index contributed by atoms with van der Waals surface area (Å²) in [5.41, 5.74) is 1.90. The number of hydrogen-bond acceptors (Lipinski definition) is 4. The molecular formula is C24H20Br4O4. The summed E-state index contributed by atoms with van der Waals surface area (Å²) >= 11 is 14.1. The Kier molecular flexibility index (Phi) is 8.56. The highest BCUT2D eigenvalue weighted by Crippen LogP contribution is 2.31. The Morgan fingerprint density at radius 2 is 1.34 bits per heavy atom. The lowest BCUT2D eigenvalue weighted by Crippen LogP contribution is -2.13. The quantitative estimate of drug-likeness (QED) is 0.160. The fraction of sp³-hybridized carbons (Fsp3) is 0.250. The van der Waals surface area contributed by atoms with Crippen LogP contribution in [0.2, 0.25) is 0 Å². The molecule has 168 valence electrons. The summed E-state index contributed by atoms with van der Waals surface area (Å²) in [7, 11) is 0. The fourth-order valence-electron chi connectivity index (χ4n) is 3.02. The van der Waals surface area contributed by atoms with E-state index in [0.29, 0.717) is 13.2 Å². The highest BCUT2D eigenvalue weighted by molar-refractivity contribution is 9.11. The summed E-state index contributed by atoms with van der Waals surface area (Å²) in [5, 5.41) is -0.113.